The van der Waals surface area contributed by atoms with Crippen molar-refractivity contribution in [2.24, 2.45) is 0 Å². The van der Waals surface area contributed by atoms with Gasteiger partial charge in [0.05, 0.1) is 18.1 Å². The molecule has 28 heavy (non-hydrogen) atoms. The third-order valence-electron chi connectivity index (χ3n) is 4.44. The first-order valence-corrected chi connectivity index (χ1v) is 10.2. The van der Waals surface area contributed by atoms with Crippen LogP contribution in [-0.2, 0) is 14.8 Å². The average Bonchev–Trinajstić information content (AvgIpc) is 2.65. The number of rotatable bonds is 7. The molecule has 1 fully saturated rings. The van der Waals surface area contributed by atoms with Crippen LogP contribution in [0.1, 0.15) is 24.2 Å². The molecule has 1 aliphatic rings. The molecule has 1 saturated heterocycles. The SMILES string of the molecule is CC(C)(CNS(=O)(=O)c1ccc(C(=O)NCC(F)(F)F)cc1)N1CCOCC1. The summed E-state index contributed by atoms with van der Waals surface area (Å²) in [4.78, 5) is 13.8. The van der Waals surface area contributed by atoms with Crippen molar-refractivity contribution in [2.45, 2.75) is 30.5 Å². The molecule has 2 rings (SSSR count). The number of benzene rings is 1. The molecule has 2 N–H and O–H groups in total. The zero-order valence-corrected chi connectivity index (χ0v) is 16.5. The number of alkyl halides is 3. The first-order chi connectivity index (χ1) is 12.9. The maximum atomic E-state index is 12.5. The van der Waals surface area contributed by atoms with Crippen LogP contribution in [0.2, 0.25) is 0 Å². The van der Waals surface area contributed by atoms with Crippen LogP contribution in [0.5, 0.6) is 0 Å². The number of amides is 1. The van der Waals surface area contributed by atoms with Gasteiger partial charge in [-0.25, -0.2) is 13.1 Å². The normalized spacial score (nSPS) is 16.8. The Labute approximate surface area is 162 Å². The molecule has 1 heterocycles. The monoisotopic (exact) mass is 423 g/mol. The van der Waals surface area contributed by atoms with E-state index in [2.05, 4.69) is 9.62 Å². The van der Waals surface area contributed by atoms with Gasteiger partial charge in [0.1, 0.15) is 6.54 Å². The molecule has 1 aromatic carbocycles. The lowest BCUT2D eigenvalue weighted by molar-refractivity contribution is -0.123. The number of morpholine rings is 1. The van der Waals surface area contributed by atoms with Crippen molar-refractivity contribution in [3.8, 4) is 0 Å². The van der Waals surface area contributed by atoms with E-state index in [1.807, 2.05) is 13.8 Å². The van der Waals surface area contributed by atoms with Gasteiger partial charge >= 0.3 is 6.18 Å². The van der Waals surface area contributed by atoms with Gasteiger partial charge in [-0.15, -0.1) is 0 Å². The number of ether oxygens (including phenoxy) is 1. The van der Waals surface area contributed by atoms with Gasteiger partial charge in [-0.05, 0) is 38.1 Å². The summed E-state index contributed by atoms with van der Waals surface area (Å²) in [6, 6.07) is 4.72. The van der Waals surface area contributed by atoms with Crippen LogP contribution in [-0.4, -0.2) is 70.3 Å². The van der Waals surface area contributed by atoms with Crippen molar-refractivity contribution in [1.29, 1.82) is 0 Å². The fourth-order valence-corrected chi connectivity index (χ4v) is 3.91. The van der Waals surface area contributed by atoms with Crippen molar-refractivity contribution in [1.82, 2.24) is 14.9 Å². The summed E-state index contributed by atoms with van der Waals surface area (Å²) < 4.78 is 69.3. The van der Waals surface area contributed by atoms with E-state index < -0.39 is 34.2 Å². The lowest BCUT2D eigenvalue weighted by Gasteiger charge is -2.40. The van der Waals surface area contributed by atoms with E-state index in [1.165, 1.54) is 24.3 Å². The third-order valence-corrected chi connectivity index (χ3v) is 5.86. The van der Waals surface area contributed by atoms with Crippen molar-refractivity contribution in [3.05, 3.63) is 29.8 Å². The van der Waals surface area contributed by atoms with Crippen LogP contribution < -0.4 is 10.0 Å². The van der Waals surface area contributed by atoms with Gasteiger partial charge in [0.25, 0.3) is 5.91 Å². The number of hydrogen-bond donors (Lipinski definition) is 2. The molecular formula is C17H24F3N3O4S. The number of nitrogens with one attached hydrogen (secondary N) is 2. The third kappa shape index (κ3) is 6.43. The van der Waals surface area contributed by atoms with E-state index in [1.54, 1.807) is 5.32 Å². The van der Waals surface area contributed by atoms with Crippen LogP contribution in [0.25, 0.3) is 0 Å². The first-order valence-electron chi connectivity index (χ1n) is 8.68. The maximum Gasteiger partial charge on any atom is 0.405 e. The van der Waals surface area contributed by atoms with E-state index in [-0.39, 0.29) is 17.0 Å². The fraction of sp³-hybridized carbons (Fsp3) is 0.588. The van der Waals surface area contributed by atoms with Crippen molar-refractivity contribution >= 4 is 15.9 Å². The Hall–Kier alpha value is -1.69. The molecular weight excluding hydrogens is 399 g/mol. The molecule has 0 saturated carbocycles. The minimum Gasteiger partial charge on any atom is -0.379 e. The standard InChI is InChI=1S/C17H24F3N3O4S/c1-16(2,23-7-9-27-10-8-23)11-22-28(25,26)14-5-3-13(4-6-14)15(24)21-12-17(18,19)20/h3-6,22H,7-12H2,1-2H3,(H,21,24). The molecule has 1 aliphatic heterocycles. The van der Waals surface area contributed by atoms with E-state index in [9.17, 15) is 26.4 Å². The number of halogens is 3. The van der Waals surface area contributed by atoms with Crippen molar-refractivity contribution in [3.63, 3.8) is 0 Å². The molecule has 11 heteroatoms. The minimum absolute atomic E-state index is 0.0585. The van der Waals surface area contributed by atoms with Crippen LogP contribution in [0.4, 0.5) is 13.2 Å². The Morgan fingerprint density at radius 3 is 2.21 bits per heavy atom. The topological polar surface area (TPSA) is 87.7 Å². The second-order valence-corrected chi connectivity index (χ2v) is 8.83. The zero-order valence-electron chi connectivity index (χ0n) is 15.7. The van der Waals surface area contributed by atoms with Gasteiger partial charge < -0.3 is 10.1 Å². The summed E-state index contributed by atoms with van der Waals surface area (Å²) in [5, 5.41) is 1.73. The lowest BCUT2D eigenvalue weighted by atomic mass is 10.0. The summed E-state index contributed by atoms with van der Waals surface area (Å²) in [6.45, 7) is 5.16. The number of hydrogen-bond acceptors (Lipinski definition) is 5. The molecule has 7 nitrogen and oxygen atoms in total. The summed E-state index contributed by atoms with van der Waals surface area (Å²) in [7, 11) is -3.83. The van der Waals surface area contributed by atoms with Gasteiger partial charge in [-0.1, -0.05) is 0 Å². The first kappa shape index (κ1) is 22.6. The molecule has 0 aliphatic carbocycles. The number of carbonyl (C=O) groups is 1. The van der Waals surface area contributed by atoms with E-state index in [0.717, 1.165) is 0 Å². The molecule has 158 valence electrons. The minimum atomic E-state index is -4.52. The molecule has 0 atom stereocenters. The summed E-state index contributed by atoms with van der Waals surface area (Å²) in [5.74, 6) is -0.928. The Morgan fingerprint density at radius 2 is 1.68 bits per heavy atom. The Kier molecular flexibility index (Phi) is 7.07. The zero-order chi connectivity index (χ0) is 21.0. The van der Waals surface area contributed by atoms with Crippen molar-refractivity contribution < 1.29 is 31.1 Å². The fourth-order valence-electron chi connectivity index (χ4n) is 2.70. The molecule has 0 unspecified atom stereocenters. The van der Waals surface area contributed by atoms with Crippen molar-refractivity contribution in [2.75, 3.05) is 39.4 Å². The predicted molar refractivity (Wildman–Crippen MR) is 96.5 cm³/mol. The highest BCUT2D eigenvalue weighted by Crippen LogP contribution is 2.18. The summed E-state index contributed by atoms with van der Waals surface area (Å²) >= 11 is 0. The van der Waals surface area contributed by atoms with E-state index in [0.29, 0.717) is 26.3 Å². The molecule has 1 amide bonds. The van der Waals surface area contributed by atoms with E-state index in [4.69, 9.17) is 4.74 Å². The molecule has 1 aromatic rings. The summed E-state index contributed by atoms with van der Waals surface area (Å²) in [5.41, 5.74) is -0.481. The van der Waals surface area contributed by atoms with Gasteiger partial charge in [-0.2, -0.15) is 13.2 Å². The number of sulfonamides is 1. The van der Waals surface area contributed by atoms with Gasteiger partial charge in [0, 0.05) is 30.7 Å². The highest BCUT2D eigenvalue weighted by Gasteiger charge is 2.30. The summed E-state index contributed by atoms with van der Waals surface area (Å²) in [6.07, 6.45) is -4.52. The second-order valence-electron chi connectivity index (χ2n) is 7.06. The van der Waals surface area contributed by atoms with Crippen LogP contribution >= 0.6 is 0 Å². The molecule has 0 bridgehead atoms. The van der Waals surface area contributed by atoms with Gasteiger partial charge in [0.2, 0.25) is 10.0 Å². The Morgan fingerprint density at radius 1 is 1.11 bits per heavy atom. The largest absolute Gasteiger partial charge is 0.405 e. The smallest absolute Gasteiger partial charge is 0.379 e. The van der Waals surface area contributed by atoms with Gasteiger partial charge in [0.15, 0.2) is 0 Å². The van der Waals surface area contributed by atoms with Gasteiger partial charge in [-0.3, -0.25) is 9.69 Å². The number of carbonyl (C=O) groups excluding carboxylic acids is 1. The van der Waals surface area contributed by atoms with Crippen LogP contribution in [0, 0.1) is 0 Å². The Bertz CT molecular complexity index is 774. The quantitative estimate of drug-likeness (QED) is 0.692. The molecule has 0 radical (unpaired) electrons. The highest BCUT2D eigenvalue weighted by atomic mass is 32.2. The average molecular weight is 423 g/mol. The highest BCUT2D eigenvalue weighted by molar-refractivity contribution is 7.89. The maximum absolute atomic E-state index is 12.5. The van der Waals surface area contributed by atoms with E-state index >= 15 is 0 Å². The van der Waals surface area contributed by atoms with Crippen LogP contribution in [0.15, 0.2) is 29.2 Å². The molecule has 0 spiro atoms. The lowest BCUT2D eigenvalue weighted by Crippen LogP contribution is -2.55. The molecule has 0 aromatic heterocycles. The Balaban J connectivity index is 1.98. The predicted octanol–water partition coefficient (Wildman–Crippen LogP) is 1.37. The second kappa shape index (κ2) is 8.76. The number of nitrogens with zero attached hydrogens (tertiary/aromatic N) is 1. The van der Waals surface area contributed by atoms with Crippen LogP contribution in [0.3, 0.4) is 0 Å².